The van der Waals surface area contributed by atoms with Crippen LogP contribution in [0.5, 0.6) is 0 Å². The van der Waals surface area contributed by atoms with Gasteiger partial charge in [-0.2, -0.15) is 5.26 Å². The first-order chi connectivity index (χ1) is 9.50. The summed E-state index contributed by atoms with van der Waals surface area (Å²) >= 11 is 0. The highest BCUT2D eigenvalue weighted by atomic mass is 16.2. The van der Waals surface area contributed by atoms with Gasteiger partial charge in [-0.1, -0.05) is 26.7 Å². The third kappa shape index (κ3) is 3.50. The summed E-state index contributed by atoms with van der Waals surface area (Å²) in [6.07, 6.45) is 3.49. The van der Waals surface area contributed by atoms with Crippen LogP contribution in [-0.4, -0.2) is 48.3 Å². The highest BCUT2D eigenvalue weighted by Crippen LogP contribution is 2.32. The summed E-state index contributed by atoms with van der Waals surface area (Å²) in [4.78, 5) is 27.9. The summed E-state index contributed by atoms with van der Waals surface area (Å²) in [6.45, 7) is 5.30. The van der Waals surface area contributed by atoms with Crippen LogP contribution in [0, 0.1) is 16.7 Å². The van der Waals surface area contributed by atoms with Gasteiger partial charge in [-0.05, 0) is 19.3 Å². The van der Waals surface area contributed by atoms with Crippen LogP contribution in [0.25, 0.3) is 0 Å². The number of likely N-dealkylation sites (N-methyl/N-ethyl adjacent to an activating group) is 1. The molecule has 2 amide bonds. The molecule has 0 N–H and O–H groups in total. The van der Waals surface area contributed by atoms with E-state index in [2.05, 4.69) is 6.07 Å². The molecule has 5 nitrogen and oxygen atoms in total. The average molecular weight is 279 g/mol. The minimum Gasteiger partial charge on any atom is -0.344 e. The molecule has 0 aromatic rings. The molecule has 0 aromatic heterocycles. The number of hydrogen-bond donors (Lipinski definition) is 0. The Morgan fingerprint density at radius 1 is 1.30 bits per heavy atom. The second-order valence-electron chi connectivity index (χ2n) is 5.59. The van der Waals surface area contributed by atoms with Crippen molar-refractivity contribution >= 4 is 11.8 Å². The molecule has 0 aliphatic carbocycles. The topological polar surface area (TPSA) is 64.4 Å². The first-order valence-electron chi connectivity index (χ1n) is 7.45. The predicted molar refractivity (Wildman–Crippen MR) is 76.7 cm³/mol. The molecule has 0 aromatic carbocycles. The van der Waals surface area contributed by atoms with Crippen LogP contribution in [0.1, 0.15) is 46.0 Å². The molecular formula is C15H25N3O2. The van der Waals surface area contributed by atoms with E-state index in [1.807, 2.05) is 13.8 Å². The summed E-state index contributed by atoms with van der Waals surface area (Å²) in [5.41, 5.74) is -0.952. The van der Waals surface area contributed by atoms with Gasteiger partial charge in [0.05, 0.1) is 12.6 Å². The van der Waals surface area contributed by atoms with Crippen LogP contribution in [0.2, 0.25) is 0 Å². The van der Waals surface area contributed by atoms with E-state index in [0.29, 0.717) is 25.9 Å². The highest BCUT2D eigenvalue weighted by molar-refractivity contribution is 5.90. The lowest BCUT2D eigenvalue weighted by molar-refractivity contribution is -0.144. The summed E-state index contributed by atoms with van der Waals surface area (Å²) in [5, 5.41) is 9.54. The summed E-state index contributed by atoms with van der Waals surface area (Å²) in [6, 6.07) is 2.24. The number of hydrogen-bond acceptors (Lipinski definition) is 3. The SMILES string of the molecule is CCCC(C#N)(CCC)C(=O)N1CCCN(C)C(=O)C1. The maximum Gasteiger partial charge on any atom is 0.243 e. The Labute approximate surface area is 121 Å². The molecule has 0 atom stereocenters. The lowest BCUT2D eigenvalue weighted by atomic mass is 9.79. The molecule has 0 spiro atoms. The van der Waals surface area contributed by atoms with Crippen molar-refractivity contribution in [2.24, 2.45) is 5.41 Å². The molecule has 1 aliphatic rings. The van der Waals surface area contributed by atoms with Gasteiger partial charge in [0.15, 0.2) is 0 Å². The van der Waals surface area contributed by atoms with Crippen molar-refractivity contribution in [3.05, 3.63) is 0 Å². The first-order valence-corrected chi connectivity index (χ1v) is 7.45. The van der Waals surface area contributed by atoms with Gasteiger partial charge in [-0.3, -0.25) is 9.59 Å². The van der Waals surface area contributed by atoms with E-state index < -0.39 is 5.41 Å². The molecule has 1 rings (SSSR count). The van der Waals surface area contributed by atoms with E-state index >= 15 is 0 Å². The van der Waals surface area contributed by atoms with Crippen molar-refractivity contribution in [3.8, 4) is 6.07 Å². The van der Waals surface area contributed by atoms with Crippen molar-refractivity contribution in [2.45, 2.75) is 46.0 Å². The lowest BCUT2D eigenvalue weighted by Crippen LogP contribution is -2.46. The van der Waals surface area contributed by atoms with Gasteiger partial charge in [0.25, 0.3) is 0 Å². The third-order valence-electron chi connectivity index (χ3n) is 3.94. The standard InChI is InChI=1S/C15H25N3O2/c1-4-7-15(12-16,8-5-2)14(20)18-10-6-9-17(3)13(19)11-18/h4-11H2,1-3H3. The second-order valence-corrected chi connectivity index (χ2v) is 5.59. The van der Waals surface area contributed by atoms with Gasteiger partial charge in [-0.25, -0.2) is 0 Å². The van der Waals surface area contributed by atoms with Crippen molar-refractivity contribution in [1.82, 2.24) is 9.80 Å². The molecule has 1 fully saturated rings. The van der Waals surface area contributed by atoms with Crippen LogP contribution in [-0.2, 0) is 9.59 Å². The predicted octanol–water partition coefficient (Wildman–Crippen LogP) is 1.79. The molecule has 0 radical (unpaired) electrons. The third-order valence-corrected chi connectivity index (χ3v) is 3.94. The Morgan fingerprint density at radius 3 is 2.40 bits per heavy atom. The van der Waals surface area contributed by atoms with E-state index in [4.69, 9.17) is 0 Å². The zero-order chi connectivity index (χ0) is 15.2. The Hall–Kier alpha value is -1.57. The molecule has 112 valence electrons. The molecule has 20 heavy (non-hydrogen) atoms. The molecule has 1 heterocycles. The van der Waals surface area contributed by atoms with Crippen molar-refractivity contribution < 1.29 is 9.59 Å². The average Bonchev–Trinajstić information content (AvgIpc) is 2.60. The maximum atomic E-state index is 12.8. The lowest BCUT2D eigenvalue weighted by Gasteiger charge is -2.31. The minimum atomic E-state index is -0.952. The summed E-state index contributed by atoms with van der Waals surface area (Å²) in [5.74, 6) is -0.206. The zero-order valence-corrected chi connectivity index (χ0v) is 12.8. The maximum absolute atomic E-state index is 12.8. The highest BCUT2D eigenvalue weighted by Gasteiger charge is 2.41. The molecule has 0 unspecified atom stereocenters. The van der Waals surface area contributed by atoms with Crippen molar-refractivity contribution in [1.29, 1.82) is 5.26 Å². The van der Waals surface area contributed by atoms with Gasteiger partial charge < -0.3 is 9.80 Å². The normalized spacial score (nSPS) is 16.8. The van der Waals surface area contributed by atoms with Crippen LogP contribution in [0.15, 0.2) is 0 Å². The van der Waals surface area contributed by atoms with Gasteiger partial charge in [0.2, 0.25) is 11.8 Å². The number of nitrogens with zero attached hydrogens (tertiary/aromatic N) is 3. The minimum absolute atomic E-state index is 0.0457. The van der Waals surface area contributed by atoms with E-state index in [-0.39, 0.29) is 18.4 Å². The molecule has 1 saturated heterocycles. The largest absolute Gasteiger partial charge is 0.344 e. The number of carbonyl (C=O) groups excluding carboxylic acids is 2. The van der Waals surface area contributed by atoms with Gasteiger partial charge in [0.1, 0.15) is 5.41 Å². The fourth-order valence-electron chi connectivity index (χ4n) is 2.81. The molecule has 0 bridgehead atoms. The summed E-state index contributed by atoms with van der Waals surface area (Å²) < 4.78 is 0. The second kappa shape index (κ2) is 7.28. The Morgan fingerprint density at radius 2 is 1.90 bits per heavy atom. The van der Waals surface area contributed by atoms with Gasteiger partial charge in [0, 0.05) is 20.1 Å². The fourth-order valence-corrected chi connectivity index (χ4v) is 2.81. The Kier molecular flexibility index (Phi) is 6.00. The van der Waals surface area contributed by atoms with Crippen LogP contribution >= 0.6 is 0 Å². The van der Waals surface area contributed by atoms with Gasteiger partial charge in [-0.15, -0.1) is 0 Å². The van der Waals surface area contributed by atoms with Crippen molar-refractivity contribution in [2.75, 3.05) is 26.7 Å². The van der Waals surface area contributed by atoms with Crippen LogP contribution < -0.4 is 0 Å². The Bertz CT molecular complexity index is 394. The van der Waals surface area contributed by atoms with E-state index in [1.54, 1.807) is 16.8 Å². The van der Waals surface area contributed by atoms with Gasteiger partial charge >= 0.3 is 0 Å². The number of rotatable bonds is 5. The van der Waals surface area contributed by atoms with Crippen molar-refractivity contribution in [3.63, 3.8) is 0 Å². The number of amides is 2. The zero-order valence-electron chi connectivity index (χ0n) is 12.8. The van der Waals surface area contributed by atoms with Crippen LogP contribution in [0.4, 0.5) is 0 Å². The first kappa shape index (κ1) is 16.5. The fraction of sp³-hybridized carbons (Fsp3) is 0.800. The monoisotopic (exact) mass is 279 g/mol. The number of carbonyl (C=O) groups is 2. The smallest absolute Gasteiger partial charge is 0.243 e. The summed E-state index contributed by atoms with van der Waals surface area (Å²) in [7, 11) is 1.76. The quantitative estimate of drug-likeness (QED) is 0.770. The van der Waals surface area contributed by atoms with E-state index in [0.717, 1.165) is 19.3 Å². The van der Waals surface area contributed by atoms with E-state index in [1.165, 1.54) is 0 Å². The number of nitriles is 1. The van der Waals surface area contributed by atoms with Crippen LogP contribution in [0.3, 0.4) is 0 Å². The molecule has 5 heteroatoms. The molecule has 1 aliphatic heterocycles. The molecular weight excluding hydrogens is 254 g/mol. The van der Waals surface area contributed by atoms with E-state index in [9.17, 15) is 14.9 Å². The molecule has 0 saturated carbocycles. The Balaban J connectivity index is 2.94.